The van der Waals surface area contributed by atoms with Crippen molar-refractivity contribution in [3.8, 4) is 0 Å². The smallest absolute Gasteiger partial charge is 0.177 e. The molecule has 3 heteroatoms. The summed E-state index contributed by atoms with van der Waals surface area (Å²) in [4.78, 5) is 0. The Balaban J connectivity index is 2.49. The fourth-order valence-electron chi connectivity index (χ4n) is 1.43. The van der Waals surface area contributed by atoms with Gasteiger partial charge in [-0.3, -0.25) is 0 Å². The quantitative estimate of drug-likeness (QED) is 0.569. The van der Waals surface area contributed by atoms with Crippen LogP contribution in [0.2, 0.25) is 0 Å². The minimum Gasteiger partial charge on any atom is -0.306 e. The Morgan fingerprint density at radius 3 is 2.09 bits per heavy atom. The number of benzene rings is 1. The SMILES string of the molecule is O=P1(Cl)Cc2ccccc2C1. The molecule has 0 spiro atoms. The normalized spacial score (nSPS) is 19.7. The highest BCUT2D eigenvalue weighted by Gasteiger charge is 2.28. The summed E-state index contributed by atoms with van der Waals surface area (Å²) >= 11 is 5.79. The predicted octanol–water partition coefficient (Wildman–Crippen LogP) is 3.22. The van der Waals surface area contributed by atoms with Gasteiger partial charge in [-0.1, -0.05) is 35.5 Å². The highest BCUT2D eigenvalue weighted by molar-refractivity contribution is 7.88. The van der Waals surface area contributed by atoms with Crippen molar-refractivity contribution in [2.24, 2.45) is 0 Å². The van der Waals surface area contributed by atoms with E-state index in [9.17, 15) is 4.57 Å². The summed E-state index contributed by atoms with van der Waals surface area (Å²) in [5.74, 6) is 0. The van der Waals surface area contributed by atoms with E-state index in [1.54, 1.807) is 0 Å². The maximum atomic E-state index is 11.4. The molecule has 0 unspecified atom stereocenters. The Labute approximate surface area is 70.5 Å². The van der Waals surface area contributed by atoms with Crippen LogP contribution in [0.15, 0.2) is 24.3 Å². The predicted molar refractivity (Wildman–Crippen MR) is 47.3 cm³/mol. The average Bonchev–Trinajstić information content (AvgIpc) is 2.21. The molecule has 0 radical (unpaired) electrons. The third-order valence-corrected chi connectivity index (χ3v) is 4.27. The molecule has 1 aromatic rings. The molecule has 0 N–H and O–H groups in total. The molecular weight excluding hydrogens is 179 g/mol. The third-order valence-electron chi connectivity index (χ3n) is 1.93. The van der Waals surface area contributed by atoms with E-state index in [4.69, 9.17) is 11.2 Å². The Morgan fingerprint density at radius 2 is 1.64 bits per heavy atom. The molecule has 1 heterocycles. The summed E-state index contributed by atoms with van der Waals surface area (Å²) in [7, 11) is 0. The van der Waals surface area contributed by atoms with Crippen LogP contribution in [0.4, 0.5) is 0 Å². The molecule has 1 aliphatic rings. The summed E-state index contributed by atoms with van der Waals surface area (Å²) in [6.07, 6.45) is 1.15. The second kappa shape index (κ2) is 2.36. The van der Waals surface area contributed by atoms with E-state index in [1.165, 1.54) is 0 Å². The molecule has 0 fully saturated rings. The molecule has 0 amide bonds. The molecule has 0 saturated heterocycles. The standard InChI is InChI=1S/C8H8ClOP/c9-11(10)5-7-3-1-2-4-8(7)6-11/h1-4H,5-6H2. The maximum Gasteiger partial charge on any atom is 0.177 e. The highest BCUT2D eigenvalue weighted by atomic mass is 35.7. The Bertz CT molecular complexity index is 306. The van der Waals surface area contributed by atoms with Gasteiger partial charge in [0.25, 0.3) is 0 Å². The van der Waals surface area contributed by atoms with Crippen LogP contribution in [0, 0.1) is 0 Å². The number of hydrogen-bond acceptors (Lipinski definition) is 1. The van der Waals surface area contributed by atoms with Gasteiger partial charge in [0.15, 0.2) is 6.49 Å². The van der Waals surface area contributed by atoms with E-state index >= 15 is 0 Å². The van der Waals surface area contributed by atoms with Crippen LogP contribution in [-0.4, -0.2) is 0 Å². The molecule has 0 saturated carbocycles. The average molecular weight is 187 g/mol. The van der Waals surface area contributed by atoms with Gasteiger partial charge in [0.1, 0.15) is 0 Å². The lowest BCUT2D eigenvalue weighted by molar-refractivity contribution is 0.585. The monoisotopic (exact) mass is 186 g/mol. The molecule has 58 valence electrons. The molecule has 0 aliphatic carbocycles. The van der Waals surface area contributed by atoms with Crippen LogP contribution in [-0.2, 0) is 16.9 Å². The van der Waals surface area contributed by atoms with Crippen LogP contribution in [0.5, 0.6) is 0 Å². The molecule has 1 nitrogen and oxygen atoms in total. The molecule has 1 aromatic carbocycles. The van der Waals surface area contributed by atoms with Gasteiger partial charge in [-0.2, -0.15) is 0 Å². The first kappa shape index (κ1) is 7.39. The first-order valence-corrected chi connectivity index (χ1v) is 6.50. The number of rotatable bonds is 0. The van der Waals surface area contributed by atoms with Gasteiger partial charge in [-0.05, 0) is 11.1 Å². The van der Waals surface area contributed by atoms with Crippen molar-refractivity contribution in [2.45, 2.75) is 12.3 Å². The lowest BCUT2D eigenvalue weighted by Crippen LogP contribution is -1.77. The van der Waals surface area contributed by atoms with Crippen LogP contribution in [0.3, 0.4) is 0 Å². The van der Waals surface area contributed by atoms with Crippen molar-refractivity contribution in [3.63, 3.8) is 0 Å². The van der Waals surface area contributed by atoms with Crippen molar-refractivity contribution in [1.82, 2.24) is 0 Å². The summed E-state index contributed by atoms with van der Waals surface area (Å²) < 4.78 is 11.4. The van der Waals surface area contributed by atoms with Gasteiger partial charge in [0.2, 0.25) is 0 Å². The molecule has 0 aromatic heterocycles. The largest absolute Gasteiger partial charge is 0.306 e. The Morgan fingerprint density at radius 1 is 1.18 bits per heavy atom. The van der Waals surface area contributed by atoms with Gasteiger partial charge in [0.05, 0.1) is 0 Å². The second-order valence-electron chi connectivity index (χ2n) is 2.87. The number of fused-ring (bicyclic) bond motifs is 1. The van der Waals surface area contributed by atoms with E-state index in [2.05, 4.69) is 0 Å². The molecule has 0 bridgehead atoms. The fraction of sp³-hybridized carbons (Fsp3) is 0.250. The topological polar surface area (TPSA) is 17.1 Å². The first-order chi connectivity index (χ1) is 5.17. The van der Waals surface area contributed by atoms with Crippen molar-refractivity contribution in [3.05, 3.63) is 35.4 Å². The second-order valence-corrected chi connectivity index (χ2v) is 6.94. The number of halogens is 1. The van der Waals surface area contributed by atoms with Gasteiger partial charge in [-0.15, -0.1) is 0 Å². The fourth-order valence-corrected chi connectivity index (χ4v) is 3.95. The van der Waals surface area contributed by atoms with E-state index < -0.39 is 6.49 Å². The van der Waals surface area contributed by atoms with Crippen molar-refractivity contribution >= 4 is 17.7 Å². The van der Waals surface area contributed by atoms with Crippen LogP contribution < -0.4 is 0 Å². The molecule has 2 rings (SSSR count). The van der Waals surface area contributed by atoms with Crippen LogP contribution in [0.25, 0.3) is 0 Å². The Kier molecular flexibility index (Phi) is 1.59. The maximum absolute atomic E-state index is 11.4. The van der Waals surface area contributed by atoms with E-state index in [0.717, 1.165) is 11.1 Å². The van der Waals surface area contributed by atoms with Crippen molar-refractivity contribution < 1.29 is 4.57 Å². The summed E-state index contributed by atoms with van der Waals surface area (Å²) in [6.45, 7) is -2.35. The zero-order valence-corrected chi connectivity index (χ0v) is 7.61. The molecule has 0 atom stereocenters. The summed E-state index contributed by atoms with van der Waals surface area (Å²) in [5.41, 5.74) is 2.32. The van der Waals surface area contributed by atoms with Gasteiger partial charge in [-0.25, -0.2) is 0 Å². The zero-order chi connectivity index (χ0) is 7.90. The van der Waals surface area contributed by atoms with Crippen LogP contribution in [0.1, 0.15) is 11.1 Å². The lowest BCUT2D eigenvalue weighted by Gasteiger charge is -1.94. The summed E-state index contributed by atoms with van der Waals surface area (Å²) in [6, 6.07) is 7.91. The number of hydrogen-bond donors (Lipinski definition) is 0. The lowest BCUT2D eigenvalue weighted by atomic mass is 10.1. The van der Waals surface area contributed by atoms with Gasteiger partial charge < -0.3 is 4.57 Å². The summed E-state index contributed by atoms with van der Waals surface area (Å²) in [5, 5.41) is 0. The minimum absolute atomic E-state index is 0.574. The molecular formula is C8H8ClOP. The first-order valence-electron chi connectivity index (χ1n) is 3.52. The molecule has 11 heavy (non-hydrogen) atoms. The highest BCUT2D eigenvalue weighted by Crippen LogP contribution is 2.62. The van der Waals surface area contributed by atoms with E-state index in [-0.39, 0.29) is 0 Å². The van der Waals surface area contributed by atoms with Gasteiger partial charge >= 0.3 is 0 Å². The van der Waals surface area contributed by atoms with Crippen molar-refractivity contribution in [2.75, 3.05) is 0 Å². The van der Waals surface area contributed by atoms with Crippen molar-refractivity contribution in [1.29, 1.82) is 0 Å². The van der Waals surface area contributed by atoms with Gasteiger partial charge in [0, 0.05) is 12.3 Å². The van der Waals surface area contributed by atoms with E-state index in [0.29, 0.717) is 12.3 Å². The minimum atomic E-state index is -2.35. The third kappa shape index (κ3) is 1.36. The molecule has 1 aliphatic heterocycles. The van der Waals surface area contributed by atoms with E-state index in [1.807, 2.05) is 24.3 Å². The van der Waals surface area contributed by atoms with Crippen LogP contribution >= 0.6 is 17.7 Å². The zero-order valence-electron chi connectivity index (χ0n) is 5.96. The Hall–Kier alpha value is -0.260.